The van der Waals surface area contributed by atoms with E-state index in [1.54, 1.807) is 4.68 Å². The van der Waals surface area contributed by atoms with E-state index in [-0.39, 0.29) is 22.3 Å². The molecule has 3 heterocycles. The lowest BCUT2D eigenvalue weighted by molar-refractivity contribution is 0.144. The molecule has 0 bridgehead atoms. The van der Waals surface area contributed by atoms with Crippen molar-refractivity contribution >= 4 is 32.1 Å². The van der Waals surface area contributed by atoms with Crippen molar-refractivity contribution in [2.45, 2.75) is 19.5 Å². The lowest BCUT2D eigenvalue weighted by Gasteiger charge is -2.32. The van der Waals surface area contributed by atoms with Gasteiger partial charge in [-0.2, -0.15) is 4.31 Å². The van der Waals surface area contributed by atoms with E-state index in [1.165, 1.54) is 10.6 Å². The van der Waals surface area contributed by atoms with Gasteiger partial charge in [-0.1, -0.05) is 0 Å². The molecular formula is C13H22N4O5S3. The van der Waals surface area contributed by atoms with Crippen LogP contribution in [0, 0.1) is 10.8 Å². The van der Waals surface area contributed by atoms with E-state index in [0.717, 1.165) is 0 Å². The summed E-state index contributed by atoms with van der Waals surface area (Å²) in [5.74, 6) is 0.894. The predicted octanol–water partition coefficient (Wildman–Crippen LogP) is -0.283. The van der Waals surface area contributed by atoms with Crippen LogP contribution in [0.4, 0.5) is 0 Å². The minimum absolute atomic E-state index is 0.0322. The van der Waals surface area contributed by atoms with Crippen molar-refractivity contribution in [3.05, 3.63) is 10.7 Å². The van der Waals surface area contributed by atoms with E-state index in [9.17, 15) is 16.8 Å². The summed E-state index contributed by atoms with van der Waals surface area (Å²) < 4.78 is 54.7. The zero-order valence-electron chi connectivity index (χ0n) is 14.0. The van der Waals surface area contributed by atoms with Crippen LogP contribution in [0.3, 0.4) is 0 Å². The fraction of sp³-hybridized carbons (Fsp3) is 0.846. The SMILES string of the molecule is CS(=O)(=O)N1CCN(Cn2nc(CC3CCS(=O)(=O)C3)oc2=S)CC1. The van der Waals surface area contributed by atoms with E-state index in [2.05, 4.69) is 10.00 Å². The maximum absolute atomic E-state index is 11.5. The maximum atomic E-state index is 11.5. The minimum Gasteiger partial charge on any atom is -0.414 e. The molecule has 12 heteroatoms. The topological polar surface area (TPSA) is 106 Å². The fourth-order valence-electron chi connectivity index (χ4n) is 3.19. The zero-order valence-corrected chi connectivity index (χ0v) is 16.4. The van der Waals surface area contributed by atoms with Gasteiger partial charge in [-0.15, -0.1) is 5.10 Å². The third-order valence-electron chi connectivity index (χ3n) is 4.57. The Balaban J connectivity index is 1.58. The Morgan fingerprint density at radius 2 is 1.96 bits per heavy atom. The second-order valence-corrected chi connectivity index (χ2v) is 11.2. The van der Waals surface area contributed by atoms with Gasteiger partial charge in [0.25, 0.3) is 4.84 Å². The van der Waals surface area contributed by atoms with Gasteiger partial charge in [0, 0.05) is 32.6 Å². The Kier molecular flexibility index (Phi) is 5.36. The van der Waals surface area contributed by atoms with Crippen molar-refractivity contribution < 1.29 is 21.3 Å². The Morgan fingerprint density at radius 3 is 2.52 bits per heavy atom. The van der Waals surface area contributed by atoms with Gasteiger partial charge >= 0.3 is 0 Å². The molecule has 0 aromatic carbocycles. The number of aromatic nitrogens is 2. The van der Waals surface area contributed by atoms with E-state index in [4.69, 9.17) is 16.6 Å². The van der Waals surface area contributed by atoms with E-state index >= 15 is 0 Å². The number of hydrogen-bond acceptors (Lipinski definition) is 8. The third kappa shape index (κ3) is 4.88. The Morgan fingerprint density at radius 1 is 1.28 bits per heavy atom. The molecule has 2 aliphatic rings. The third-order valence-corrected chi connectivity index (χ3v) is 8.01. The van der Waals surface area contributed by atoms with Gasteiger partial charge in [-0.3, -0.25) is 4.90 Å². The van der Waals surface area contributed by atoms with Crippen molar-refractivity contribution in [2.24, 2.45) is 5.92 Å². The number of sulfone groups is 1. The van der Waals surface area contributed by atoms with Gasteiger partial charge in [0.05, 0.1) is 24.4 Å². The van der Waals surface area contributed by atoms with Crippen molar-refractivity contribution in [2.75, 3.05) is 43.9 Å². The second kappa shape index (κ2) is 7.06. The van der Waals surface area contributed by atoms with Gasteiger partial charge in [-0.25, -0.2) is 21.5 Å². The first kappa shape index (κ1) is 19.0. The van der Waals surface area contributed by atoms with Crippen molar-refractivity contribution in [3.8, 4) is 0 Å². The predicted molar refractivity (Wildman–Crippen MR) is 93.8 cm³/mol. The maximum Gasteiger partial charge on any atom is 0.288 e. The van der Waals surface area contributed by atoms with Crippen LogP contribution in [0.25, 0.3) is 0 Å². The Labute approximate surface area is 152 Å². The average Bonchev–Trinajstić information content (AvgIpc) is 3.01. The normalized spacial score (nSPS) is 25.4. The quantitative estimate of drug-likeness (QED) is 0.610. The molecule has 1 aromatic rings. The number of rotatable bonds is 5. The molecule has 3 rings (SSSR count). The molecule has 0 spiro atoms. The highest BCUT2D eigenvalue weighted by Crippen LogP contribution is 2.22. The Hall–Kier alpha value is -0.820. The van der Waals surface area contributed by atoms with Crippen molar-refractivity contribution in [1.82, 2.24) is 19.0 Å². The van der Waals surface area contributed by atoms with Gasteiger partial charge < -0.3 is 4.42 Å². The van der Waals surface area contributed by atoms with Gasteiger partial charge in [-0.05, 0) is 24.6 Å². The monoisotopic (exact) mass is 410 g/mol. The summed E-state index contributed by atoms with van der Waals surface area (Å²) in [6, 6.07) is 0. The largest absolute Gasteiger partial charge is 0.414 e. The van der Waals surface area contributed by atoms with Crippen LogP contribution in [0.5, 0.6) is 0 Å². The molecular weight excluding hydrogens is 388 g/mol. The molecule has 0 aliphatic carbocycles. The van der Waals surface area contributed by atoms with Gasteiger partial charge in [0.1, 0.15) is 0 Å². The Bertz CT molecular complexity index is 881. The molecule has 0 saturated carbocycles. The van der Waals surface area contributed by atoms with Crippen LogP contribution < -0.4 is 0 Å². The summed E-state index contributed by atoms with van der Waals surface area (Å²) in [7, 11) is -6.08. The highest BCUT2D eigenvalue weighted by atomic mass is 32.2. The molecule has 0 radical (unpaired) electrons. The fourth-order valence-corrected chi connectivity index (χ4v) is 6.08. The number of sulfonamides is 1. The summed E-state index contributed by atoms with van der Waals surface area (Å²) in [4.78, 5) is 2.31. The van der Waals surface area contributed by atoms with Gasteiger partial charge in [0.2, 0.25) is 15.9 Å². The average molecular weight is 411 g/mol. The summed E-state index contributed by atoms with van der Waals surface area (Å²) in [5, 5.41) is 4.36. The molecule has 1 atom stereocenters. The minimum atomic E-state index is -3.15. The highest BCUT2D eigenvalue weighted by molar-refractivity contribution is 7.91. The number of nitrogens with zero attached hydrogens (tertiary/aromatic N) is 4. The molecule has 1 unspecified atom stereocenters. The summed E-state index contributed by atoms with van der Waals surface area (Å²) in [6.45, 7) is 2.51. The number of hydrogen-bond donors (Lipinski definition) is 0. The summed E-state index contributed by atoms with van der Waals surface area (Å²) in [6.07, 6.45) is 2.31. The molecule has 0 amide bonds. The summed E-state index contributed by atoms with van der Waals surface area (Å²) >= 11 is 5.19. The summed E-state index contributed by atoms with van der Waals surface area (Å²) in [5.41, 5.74) is 0. The zero-order chi connectivity index (χ0) is 18.2. The molecule has 2 saturated heterocycles. The van der Waals surface area contributed by atoms with E-state index < -0.39 is 19.9 Å². The second-order valence-electron chi connectivity index (χ2n) is 6.66. The smallest absolute Gasteiger partial charge is 0.288 e. The van der Waals surface area contributed by atoms with Gasteiger partial charge in [0.15, 0.2) is 9.84 Å². The first-order valence-corrected chi connectivity index (χ1v) is 12.1. The molecule has 0 N–H and O–H groups in total. The van der Waals surface area contributed by atoms with Crippen LogP contribution in [0.2, 0.25) is 0 Å². The lowest BCUT2D eigenvalue weighted by atomic mass is 10.1. The first-order chi connectivity index (χ1) is 11.6. The van der Waals surface area contributed by atoms with Crippen LogP contribution >= 0.6 is 12.2 Å². The molecule has 2 aliphatic heterocycles. The lowest BCUT2D eigenvalue weighted by Crippen LogP contribution is -2.48. The molecule has 142 valence electrons. The van der Waals surface area contributed by atoms with E-state index in [1.807, 2.05) is 0 Å². The van der Waals surface area contributed by atoms with Crippen LogP contribution in [-0.2, 0) is 33.0 Å². The van der Waals surface area contributed by atoms with Crippen LogP contribution in [0.15, 0.2) is 4.42 Å². The molecule has 9 nitrogen and oxygen atoms in total. The van der Waals surface area contributed by atoms with Crippen LogP contribution in [0.1, 0.15) is 12.3 Å². The highest BCUT2D eigenvalue weighted by Gasteiger charge is 2.29. The van der Waals surface area contributed by atoms with Crippen LogP contribution in [-0.4, -0.2) is 79.8 Å². The van der Waals surface area contributed by atoms with E-state index in [0.29, 0.717) is 51.6 Å². The molecule has 1 aromatic heterocycles. The standard InChI is InChI=1S/C13H22N4O5S3/c1-24(18,19)16-5-3-15(4-6-16)10-17-13(23)22-12(14-17)8-11-2-7-25(20,21)9-11/h11H,2-10H2,1H3. The molecule has 25 heavy (non-hydrogen) atoms. The number of piperazine rings is 1. The molecule has 2 fully saturated rings. The van der Waals surface area contributed by atoms with Crippen molar-refractivity contribution in [1.29, 1.82) is 0 Å². The first-order valence-electron chi connectivity index (χ1n) is 8.07. The van der Waals surface area contributed by atoms with Crippen molar-refractivity contribution in [3.63, 3.8) is 0 Å².